The van der Waals surface area contributed by atoms with E-state index in [0.717, 1.165) is 36.8 Å². The highest BCUT2D eigenvalue weighted by atomic mass is 16.5. The van der Waals surface area contributed by atoms with Gasteiger partial charge in [-0.05, 0) is 84.0 Å². The minimum Gasteiger partial charge on any atom is -0.491 e. The number of carbonyl (C=O) groups is 4. The number of ether oxygens (including phenoxy) is 2. The molecule has 2 fully saturated rings. The zero-order valence-corrected chi connectivity index (χ0v) is 34.8. The predicted octanol–water partition coefficient (Wildman–Crippen LogP) is 4.49. The van der Waals surface area contributed by atoms with Crippen LogP contribution in [0.5, 0.6) is 11.5 Å². The molecule has 4 N–H and O–H groups in total. The summed E-state index contributed by atoms with van der Waals surface area (Å²) in [6.45, 7) is 4.80. The molecule has 2 aliphatic rings. The average molecular weight is 825 g/mol. The Labute approximate surface area is 349 Å². The van der Waals surface area contributed by atoms with Crippen molar-refractivity contribution < 1.29 is 38.9 Å². The molecular formula is C46H56N4O10. The van der Waals surface area contributed by atoms with Gasteiger partial charge in [-0.15, -0.1) is 0 Å². The average Bonchev–Trinajstić information content (AvgIpc) is 4.20. The first-order chi connectivity index (χ1) is 28.9. The van der Waals surface area contributed by atoms with Crippen LogP contribution in [-0.2, 0) is 13.1 Å². The minimum atomic E-state index is -0.513. The number of aromatic nitrogens is 2. The second kappa shape index (κ2) is 21.4. The predicted molar refractivity (Wildman–Crippen MR) is 226 cm³/mol. The monoisotopic (exact) mass is 824 g/mol. The van der Waals surface area contributed by atoms with Crippen LogP contribution < -0.4 is 31.2 Å². The summed E-state index contributed by atoms with van der Waals surface area (Å²) in [4.78, 5) is 75.8. The van der Waals surface area contributed by atoms with Crippen LogP contribution in [0, 0.1) is 23.7 Å². The van der Waals surface area contributed by atoms with Crippen molar-refractivity contribution >= 4 is 23.4 Å². The molecule has 2 aromatic carbocycles. The highest BCUT2D eigenvalue weighted by Gasteiger charge is 2.38. The lowest BCUT2D eigenvalue weighted by Gasteiger charge is -2.12. The number of nitrogens with one attached hydrogen (secondary N) is 2. The number of hydrogen-bond acceptors (Lipinski definition) is 10. The zero-order valence-electron chi connectivity index (χ0n) is 34.8. The van der Waals surface area contributed by atoms with Crippen molar-refractivity contribution in [1.29, 1.82) is 0 Å². The van der Waals surface area contributed by atoms with Gasteiger partial charge >= 0.3 is 0 Å². The van der Waals surface area contributed by atoms with Gasteiger partial charge in [-0.2, -0.15) is 0 Å². The minimum absolute atomic E-state index is 0.0427. The van der Waals surface area contributed by atoms with E-state index in [4.69, 9.17) is 19.7 Å². The normalized spacial score (nSPS) is 17.4. The lowest BCUT2D eigenvalue weighted by molar-refractivity contribution is 0.0948. The summed E-state index contributed by atoms with van der Waals surface area (Å²) in [5.41, 5.74) is 1.33. The van der Waals surface area contributed by atoms with E-state index < -0.39 is 22.9 Å². The van der Waals surface area contributed by atoms with Crippen molar-refractivity contribution in [3.8, 4) is 11.5 Å². The summed E-state index contributed by atoms with van der Waals surface area (Å²) in [7, 11) is 2.91. The van der Waals surface area contributed by atoms with Gasteiger partial charge in [0.15, 0.2) is 11.6 Å². The lowest BCUT2D eigenvalue weighted by Crippen LogP contribution is -2.32. The third-order valence-electron chi connectivity index (χ3n) is 11.1. The smallest absolute Gasteiger partial charge is 0.263 e. The van der Waals surface area contributed by atoms with E-state index in [1.54, 1.807) is 48.8 Å². The maximum atomic E-state index is 12.9. The Balaban J connectivity index is 0.000000228. The Bertz CT molecular complexity index is 2120. The quantitative estimate of drug-likeness (QED) is 0.0923. The van der Waals surface area contributed by atoms with Crippen LogP contribution in [0.1, 0.15) is 105 Å². The van der Waals surface area contributed by atoms with Gasteiger partial charge in [0.05, 0.1) is 26.3 Å². The Morgan fingerprint density at radius 1 is 0.633 bits per heavy atom. The van der Waals surface area contributed by atoms with Crippen LogP contribution in [0.15, 0.2) is 82.6 Å². The number of benzene rings is 2. The molecule has 14 nitrogen and oxygen atoms in total. The van der Waals surface area contributed by atoms with Crippen LogP contribution in [0.2, 0.25) is 0 Å². The van der Waals surface area contributed by atoms with Crippen molar-refractivity contribution in [2.45, 2.75) is 65.5 Å². The highest BCUT2D eigenvalue weighted by molar-refractivity contribution is 6.01. The van der Waals surface area contributed by atoms with Gasteiger partial charge in [-0.25, -0.2) is 0 Å². The van der Waals surface area contributed by atoms with E-state index in [0.29, 0.717) is 59.1 Å². The molecular weight excluding hydrogens is 769 g/mol. The molecule has 0 aliphatic heterocycles. The molecule has 6 rings (SSSR count). The van der Waals surface area contributed by atoms with Gasteiger partial charge in [0.2, 0.25) is 0 Å². The van der Waals surface area contributed by atoms with E-state index in [-0.39, 0.29) is 62.2 Å². The molecule has 2 aromatic heterocycles. The summed E-state index contributed by atoms with van der Waals surface area (Å²) in [5, 5.41) is 22.8. The summed E-state index contributed by atoms with van der Waals surface area (Å²) < 4.78 is 13.6. The first kappa shape index (κ1) is 45.2. The molecule has 0 unspecified atom stereocenters. The summed E-state index contributed by atoms with van der Waals surface area (Å²) >= 11 is 0. The standard InChI is InChI=1S/2C23H28N2O5/c2*1-3-16-10-17(16)12-21(27)18-11-20(22(28)24-2)23(29)25(14-18)13-15-5-4-6-19(9-15)30-8-7-26/h2*4-6,9,11,14,16-17,26H,3,7-8,10,12-13H2,1-2H3,(H,24,28)/t2*16-,17+/m10/s1. The fourth-order valence-corrected chi connectivity index (χ4v) is 7.43. The van der Waals surface area contributed by atoms with Gasteiger partial charge in [0, 0.05) is 50.5 Å². The van der Waals surface area contributed by atoms with Crippen LogP contribution in [0.3, 0.4) is 0 Å². The maximum absolute atomic E-state index is 12.9. The Morgan fingerprint density at radius 3 is 1.37 bits per heavy atom. The Morgan fingerprint density at radius 2 is 1.03 bits per heavy atom. The summed E-state index contributed by atoms with van der Waals surface area (Å²) in [6.07, 6.45) is 8.22. The van der Waals surface area contributed by atoms with Crippen LogP contribution in [-0.4, -0.2) is 83.3 Å². The Hall–Kier alpha value is -5.86. The molecule has 4 aromatic rings. The third-order valence-corrected chi connectivity index (χ3v) is 11.1. The van der Waals surface area contributed by atoms with Crippen LogP contribution in [0.4, 0.5) is 0 Å². The van der Waals surface area contributed by atoms with Gasteiger partial charge in [-0.3, -0.25) is 28.8 Å². The number of aliphatic hydroxyl groups is 2. The second-order valence-electron chi connectivity index (χ2n) is 15.3. The number of hydrogen-bond donors (Lipinski definition) is 4. The number of pyridine rings is 2. The van der Waals surface area contributed by atoms with Crippen molar-refractivity contribution in [1.82, 2.24) is 19.8 Å². The summed E-state index contributed by atoms with van der Waals surface area (Å²) in [5.74, 6) is 2.02. The van der Waals surface area contributed by atoms with E-state index in [2.05, 4.69) is 24.5 Å². The third kappa shape index (κ3) is 12.1. The molecule has 2 saturated carbocycles. The molecule has 14 heteroatoms. The molecule has 60 heavy (non-hydrogen) atoms. The van der Waals surface area contributed by atoms with Gasteiger partial charge in [0.25, 0.3) is 22.9 Å². The molecule has 2 aliphatic carbocycles. The van der Waals surface area contributed by atoms with Crippen molar-refractivity contribution in [3.05, 3.63) is 127 Å². The fraction of sp³-hybridized carbons (Fsp3) is 0.435. The van der Waals surface area contributed by atoms with Gasteiger partial charge in [-0.1, -0.05) is 51.0 Å². The number of aliphatic hydroxyl groups excluding tert-OH is 2. The fourth-order valence-electron chi connectivity index (χ4n) is 7.43. The van der Waals surface area contributed by atoms with Gasteiger partial charge < -0.3 is 39.5 Å². The van der Waals surface area contributed by atoms with Crippen LogP contribution >= 0.6 is 0 Å². The van der Waals surface area contributed by atoms with Crippen molar-refractivity contribution in [3.63, 3.8) is 0 Å². The van der Waals surface area contributed by atoms with Crippen LogP contribution in [0.25, 0.3) is 0 Å². The zero-order chi connectivity index (χ0) is 43.3. The highest BCUT2D eigenvalue weighted by Crippen LogP contribution is 2.44. The number of carbonyl (C=O) groups excluding carboxylic acids is 4. The molecule has 2 amide bonds. The number of rotatable bonds is 20. The maximum Gasteiger partial charge on any atom is 0.263 e. The molecule has 0 saturated heterocycles. The molecule has 0 bridgehead atoms. The lowest BCUT2D eigenvalue weighted by atomic mass is 10.0. The van der Waals surface area contributed by atoms with Gasteiger partial charge in [0.1, 0.15) is 35.8 Å². The molecule has 4 atom stereocenters. The number of nitrogens with zero attached hydrogens (tertiary/aromatic N) is 2. The topological polar surface area (TPSA) is 195 Å². The first-order valence-corrected chi connectivity index (χ1v) is 20.6. The SMILES string of the molecule is CC[C@@H]1C[C@H]1CC(=O)c1cc(C(=O)NC)c(=O)n(Cc2cccc(OCCO)c2)c1.CC[C@H]1C[C@@H]1CC(=O)c1cc(C(=O)NC)c(=O)n(Cc2cccc(OCCO)c2)c1. The number of ketones is 2. The first-order valence-electron chi connectivity index (χ1n) is 20.6. The van der Waals surface area contributed by atoms with Crippen molar-refractivity contribution in [2.75, 3.05) is 40.5 Å². The molecule has 0 radical (unpaired) electrons. The van der Waals surface area contributed by atoms with E-state index in [1.165, 1.54) is 35.4 Å². The largest absolute Gasteiger partial charge is 0.491 e. The molecule has 0 spiro atoms. The summed E-state index contributed by atoms with van der Waals surface area (Å²) in [6, 6.07) is 17.1. The van der Waals surface area contributed by atoms with E-state index in [9.17, 15) is 28.8 Å². The molecule has 2 heterocycles. The van der Waals surface area contributed by atoms with E-state index >= 15 is 0 Å². The number of Topliss-reactive ketones (excluding diaryl/α,β-unsaturated/α-hetero) is 2. The molecule has 320 valence electrons. The van der Waals surface area contributed by atoms with E-state index in [1.807, 2.05) is 12.1 Å². The Kier molecular flexibility index (Phi) is 16.1. The number of amides is 2. The van der Waals surface area contributed by atoms with Crippen molar-refractivity contribution in [2.24, 2.45) is 23.7 Å². The second-order valence-corrected chi connectivity index (χ2v) is 15.3.